The lowest BCUT2D eigenvalue weighted by atomic mass is 10.1. The molecule has 0 radical (unpaired) electrons. The lowest BCUT2D eigenvalue weighted by Gasteiger charge is -2.05. The van der Waals surface area contributed by atoms with Crippen molar-refractivity contribution in [2.75, 3.05) is 19.8 Å². The fourth-order valence-electron chi connectivity index (χ4n) is 1.48. The number of carbonyl (C=O) groups excluding carboxylic acids is 1. The zero-order chi connectivity index (χ0) is 13.5. The predicted octanol–water partition coefficient (Wildman–Crippen LogP) is -0.214. The van der Waals surface area contributed by atoms with Crippen molar-refractivity contribution in [2.45, 2.75) is 20.3 Å². The van der Waals surface area contributed by atoms with Gasteiger partial charge in [-0.1, -0.05) is 0 Å². The van der Waals surface area contributed by atoms with E-state index in [0.29, 0.717) is 6.54 Å². The van der Waals surface area contributed by atoms with E-state index in [2.05, 4.69) is 15.5 Å². The Morgan fingerprint density at radius 2 is 2.17 bits per heavy atom. The van der Waals surface area contributed by atoms with E-state index in [-0.39, 0.29) is 25.5 Å². The number of hydrogen-bond donors (Lipinski definition) is 3. The molecule has 0 saturated carbocycles. The van der Waals surface area contributed by atoms with Crippen LogP contribution in [-0.2, 0) is 20.7 Å². The third kappa shape index (κ3) is 4.54. The smallest absolute Gasteiger partial charge is 0.329 e. The summed E-state index contributed by atoms with van der Waals surface area (Å²) in [6, 6.07) is 0. The number of nitrogens with zero attached hydrogens (tertiary/aromatic N) is 1. The van der Waals surface area contributed by atoms with Gasteiger partial charge in [0.2, 0.25) is 5.91 Å². The number of amides is 1. The molecular weight excluding hydrogens is 238 g/mol. The molecule has 0 atom stereocenters. The second-order valence-corrected chi connectivity index (χ2v) is 3.89. The first-order valence-electron chi connectivity index (χ1n) is 5.57. The summed E-state index contributed by atoms with van der Waals surface area (Å²) in [5.41, 5.74) is 2.58. The third-order valence-corrected chi connectivity index (χ3v) is 2.41. The Morgan fingerprint density at radius 3 is 2.72 bits per heavy atom. The molecule has 0 aliphatic heterocycles. The molecule has 0 saturated heterocycles. The number of H-pyrrole nitrogens is 1. The molecule has 18 heavy (non-hydrogen) atoms. The van der Waals surface area contributed by atoms with Crippen LogP contribution in [0.25, 0.3) is 0 Å². The van der Waals surface area contributed by atoms with Gasteiger partial charge < -0.3 is 15.2 Å². The van der Waals surface area contributed by atoms with Crippen molar-refractivity contribution in [2.24, 2.45) is 0 Å². The molecule has 1 aromatic heterocycles. The van der Waals surface area contributed by atoms with Crippen molar-refractivity contribution >= 4 is 11.9 Å². The highest BCUT2D eigenvalue weighted by Gasteiger charge is 2.10. The van der Waals surface area contributed by atoms with Crippen LogP contribution in [-0.4, -0.2) is 46.9 Å². The van der Waals surface area contributed by atoms with E-state index in [1.807, 2.05) is 13.8 Å². The molecule has 0 aromatic carbocycles. The molecule has 100 valence electrons. The van der Waals surface area contributed by atoms with Gasteiger partial charge in [0.1, 0.15) is 6.61 Å². The molecule has 1 amide bonds. The summed E-state index contributed by atoms with van der Waals surface area (Å²) in [5.74, 6) is -1.16. The lowest BCUT2D eigenvalue weighted by Crippen LogP contribution is -2.29. The summed E-state index contributed by atoms with van der Waals surface area (Å²) in [6.45, 7) is 3.82. The first-order chi connectivity index (χ1) is 8.50. The number of nitrogens with one attached hydrogen (secondary N) is 2. The van der Waals surface area contributed by atoms with Gasteiger partial charge in [0.05, 0.1) is 18.7 Å². The van der Waals surface area contributed by atoms with Gasteiger partial charge in [-0.25, -0.2) is 4.79 Å². The van der Waals surface area contributed by atoms with Crippen LogP contribution in [0, 0.1) is 13.8 Å². The summed E-state index contributed by atoms with van der Waals surface area (Å²) in [7, 11) is 0. The average Bonchev–Trinajstić information content (AvgIpc) is 2.60. The van der Waals surface area contributed by atoms with Crippen LogP contribution in [0.15, 0.2) is 0 Å². The summed E-state index contributed by atoms with van der Waals surface area (Å²) < 4.78 is 4.80. The molecule has 1 rings (SSSR count). The van der Waals surface area contributed by atoms with Gasteiger partial charge in [-0.2, -0.15) is 5.10 Å². The second-order valence-electron chi connectivity index (χ2n) is 3.89. The molecule has 1 aromatic rings. The van der Waals surface area contributed by atoms with Crippen molar-refractivity contribution < 1.29 is 19.4 Å². The molecule has 0 unspecified atom stereocenters. The van der Waals surface area contributed by atoms with Crippen molar-refractivity contribution in [3.05, 3.63) is 17.0 Å². The number of carboxylic acids is 1. The van der Waals surface area contributed by atoms with E-state index in [4.69, 9.17) is 9.84 Å². The number of aromatic nitrogens is 2. The minimum absolute atomic E-state index is 0.137. The van der Waals surface area contributed by atoms with E-state index < -0.39 is 5.97 Å². The first-order valence-corrected chi connectivity index (χ1v) is 5.57. The number of aromatic amines is 1. The van der Waals surface area contributed by atoms with Crippen LogP contribution < -0.4 is 5.32 Å². The number of aryl methyl sites for hydroxylation is 2. The summed E-state index contributed by atoms with van der Waals surface area (Å²) in [6.07, 6.45) is 0.257. The SMILES string of the molecule is Cc1n[nH]c(C)c1CC(=O)NCCOCC(=O)O. The molecular formula is C11H17N3O4. The molecule has 3 N–H and O–H groups in total. The van der Waals surface area contributed by atoms with E-state index in [1.54, 1.807) is 0 Å². The summed E-state index contributed by atoms with van der Waals surface area (Å²) >= 11 is 0. The lowest BCUT2D eigenvalue weighted by molar-refractivity contribution is -0.142. The third-order valence-electron chi connectivity index (χ3n) is 2.41. The van der Waals surface area contributed by atoms with Crippen LogP contribution in [0.2, 0.25) is 0 Å². The van der Waals surface area contributed by atoms with Gasteiger partial charge in [0.25, 0.3) is 0 Å². The van der Waals surface area contributed by atoms with Crippen LogP contribution in [0.5, 0.6) is 0 Å². The van der Waals surface area contributed by atoms with E-state index in [0.717, 1.165) is 17.0 Å². The highest BCUT2D eigenvalue weighted by atomic mass is 16.5. The molecule has 0 spiro atoms. The highest BCUT2D eigenvalue weighted by molar-refractivity contribution is 5.79. The average molecular weight is 255 g/mol. The molecule has 7 nitrogen and oxygen atoms in total. The Balaban J connectivity index is 2.24. The number of rotatable bonds is 7. The maximum atomic E-state index is 11.6. The standard InChI is InChI=1S/C11H17N3O4/c1-7-9(8(2)14-13-7)5-10(15)12-3-4-18-6-11(16)17/h3-6H2,1-2H3,(H,12,15)(H,13,14)(H,16,17). The Bertz CT molecular complexity index is 408. The van der Waals surface area contributed by atoms with Crippen molar-refractivity contribution in [3.63, 3.8) is 0 Å². The number of ether oxygens (including phenoxy) is 1. The van der Waals surface area contributed by atoms with Gasteiger partial charge in [0, 0.05) is 17.8 Å². The molecule has 0 bridgehead atoms. The van der Waals surface area contributed by atoms with Gasteiger partial charge in [-0.05, 0) is 13.8 Å². The number of carboxylic acid groups (broad SMARTS) is 1. The normalized spacial score (nSPS) is 10.3. The fraction of sp³-hybridized carbons (Fsp3) is 0.545. The Kier molecular flexibility index (Phi) is 5.31. The number of hydrogen-bond acceptors (Lipinski definition) is 4. The van der Waals surface area contributed by atoms with Gasteiger partial charge in [-0.3, -0.25) is 9.89 Å². The van der Waals surface area contributed by atoms with Gasteiger partial charge in [0.15, 0.2) is 0 Å². The fourth-order valence-corrected chi connectivity index (χ4v) is 1.48. The van der Waals surface area contributed by atoms with Gasteiger partial charge >= 0.3 is 5.97 Å². The minimum atomic E-state index is -1.02. The Labute approximate surface area is 105 Å². The number of aliphatic carboxylic acids is 1. The van der Waals surface area contributed by atoms with E-state index in [9.17, 15) is 9.59 Å². The van der Waals surface area contributed by atoms with E-state index in [1.165, 1.54) is 0 Å². The van der Waals surface area contributed by atoms with Crippen LogP contribution in [0.4, 0.5) is 0 Å². The second kappa shape index (κ2) is 6.75. The Morgan fingerprint density at radius 1 is 1.44 bits per heavy atom. The number of carbonyl (C=O) groups is 2. The molecule has 1 heterocycles. The highest BCUT2D eigenvalue weighted by Crippen LogP contribution is 2.09. The molecule has 7 heteroatoms. The molecule has 0 aliphatic rings. The maximum Gasteiger partial charge on any atom is 0.329 e. The predicted molar refractivity (Wildman–Crippen MR) is 63.2 cm³/mol. The first kappa shape index (κ1) is 14.2. The minimum Gasteiger partial charge on any atom is -0.480 e. The van der Waals surface area contributed by atoms with Crippen LogP contribution in [0.1, 0.15) is 17.0 Å². The summed E-state index contributed by atoms with van der Waals surface area (Å²) in [5, 5.41) is 17.8. The van der Waals surface area contributed by atoms with Gasteiger partial charge in [-0.15, -0.1) is 0 Å². The monoisotopic (exact) mass is 255 g/mol. The molecule has 0 aliphatic carbocycles. The van der Waals surface area contributed by atoms with E-state index >= 15 is 0 Å². The largest absolute Gasteiger partial charge is 0.480 e. The summed E-state index contributed by atoms with van der Waals surface area (Å²) in [4.78, 5) is 21.7. The van der Waals surface area contributed by atoms with Crippen molar-refractivity contribution in [1.82, 2.24) is 15.5 Å². The van der Waals surface area contributed by atoms with Crippen molar-refractivity contribution in [1.29, 1.82) is 0 Å². The maximum absolute atomic E-state index is 11.6. The molecule has 0 fully saturated rings. The zero-order valence-electron chi connectivity index (χ0n) is 10.4. The zero-order valence-corrected chi connectivity index (χ0v) is 10.4. The van der Waals surface area contributed by atoms with Crippen LogP contribution in [0.3, 0.4) is 0 Å². The van der Waals surface area contributed by atoms with Crippen molar-refractivity contribution in [3.8, 4) is 0 Å². The topological polar surface area (TPSA) is 104 Å². The quantitative estimate of drug-likeness (QED) is 0.585. The Hall–Kier alpha value is -1.89. The van der Waals surface area contributed by atoms with Crippen LogP contribution >= 0.6 is 0 Å².